The quantitative estimate of drug-likeness (QED) is 0.144. The Bertz CT molecular complexity index is 683. The van der Waals surface area contributed by atoms with Gasteiger partial charge in [0, 0.05) is 12.6 Å². The maximum atomic E-state index is 13.9. The molecule has 0 aliphatic carbocycles. The summed E-state index contributed by atoms with van der Waals surface area (Å²) < 4.78 is 50.4. The molecule has 33 heavy (non-hydrogen) atoms. The molecule has 0 radical (unpaired) electrons. The normalized spacial score (nSPS) is 13.7. The van der Waals surface area contributed by atoms with Crippen LogP contribution in [-0.4, -0.2) is 49.3 Å². The molecule has 0 fully saturated rings. The van der Waals surface area contributed by atoms with E-state index in [0.717, 1.165) is 32.4 Å². The molecule has 0 spiro atoms. The zero-order valence-corrected chi connectivity index (χ0v) is 23.2. The fourth-order valence-electron chi connectivity index (χ4n) is 3.86. The zero-order valence-electron chi connectivity index (χ0n) is 21.4. The third kappa shape index (κ3) is 9.93. The van der Waals surface area contributed by atoms with Crippen molar-refractivity contribution >= 4 is 15.2 Å². The van der Waals surface area contributed by atoms with Crippen LogP contribution in [0.15, 0.2) is 30.3 Å². The molecule has 1 aromatic carbocycles. The molecule has 9 heteroatoms. The Hall–Kier alpha value is -0.520. The van der Waals surface area contributed by atoms with Gasteiger partial charge in [-0.05, 0) is 59.6 Å². The van der Waals surface area contributed by atoms with Crippen molar-refractivity contribution in [3.05, 3.63) is 35.9 Å². The Labute approximate surface area is 201 Å². The molecule has 0 aliphatic rings. The Kier molecular flexibility index (Phi) is 15.0. The topological polar surface area (TPSA) is 74.3 Å². The first kappa shape index (κ1) is 30.5. The van der Waals surface area contributed by atoms with Crippen molar-refractivity contribution in [3.8, 4) is 0 Å². The third-order valence-corrected chi connectivity index (χ3v) is 11.5. The summed E-state index contributed by atoms with van der Waals surface area (Å²) in [5.41, 5.74) is 1.20. The minimum absolute atomic E-state index is 0.0458. The Morgan fingerprint density at radius 1 is 0.788 bits per heavy atom. The molecule has 1 rings (SSSR count). The van der Waals surface area contributed by atoms with Crippen LogP contribution in [0.1, 0.15) is 72.8 Å². The molecule has 0 amide bonds. The molecule has 0 saturated carbocycles. The Balaban J connectivity index is 3.30. The van der Waals surface area contributed by atoms with Crippen LogP contribution in [0, 0.1) is 0 Å². The summed E-state index contributed by atoms with van der Waals surface area (Å²) in [5, 5.41) is -0.996. The van der Waals surface area contributed by atoms with Crippen LogP contribution in [0.2, 0.25) is 0 Å². The summed E-state index contributed by atoms with van der Waals surface area (Å²) in [6.07, 6.45) is 3.63. The lowest BCUT2D eigenvalue weighted by Crippen LogP contribution is -2.36. The van der Waals surface area contributed by atoms with Crippen molar-refractivity contribution in [1.82, 2.24) is 4.90 Å². The number of hydrogen-bond donors (Lipinski definition) is 0. The molecular formula is C24H45NO6P2. The minimum atomic E-state index is -3.76. The second kappa shape index (κ2) is 16.2. The summed E-state index contributed by atoms with van der Waals surface area (Å²) in [4.78, 5) is 2.35. The van der Waals surface area contributed by atoms with Gasteiger partial charge in [-0.25, -0.2) is 0 Å². The van der Waals surface area contributed by atoms with Crippen LogP contribution in [0.25, 0.3) is 0 Å². The smallest absolute Gasteiger partial charge is 0.308 e. The molecular weight excluding hydrogens is 460 g/mol. The number of rotatable bonds is 19. The van der Waals surface area contributed by atoms with Crippen molar-refractivity contribution in [3.63, 3.8) is 0 Å². The van der Waals surface area contributed by atoms with E-state index in [2.05, 4.69) is 30.9 Å². The molecule has 0 saturated heterocycles. The lowest BCUT2D eigenvalue weighted by atomic mass is 10.1. The first-order valence-corrected chi connectivity index (χ1v) is 15.6. The summed E-state index contributed by atoms with van der Waals surface area (Å²) in [5.74, 6) is 0. The maximum absolute atomic E-state index is 13.9. The predicted octanol–water partition coefficient (Wildman–Crippen LogP) is 7.32. The van der Waals surface area contributed by atoms with E-state index in [1.165, 1.54) is 5.56 Å². The first-order chi connectivity index (χ1) is 15.8. The van der Waals surface area contributed by atoms with Crippen molar-refractivity contribution in [2.45, 2.75) is 85.2 Å². The fraction of sp³-hybridized carbons (Fsp3) is 0.750. The number of unbranched alkanes of at least 4 members (excludes halogenated alkanes) is 2. The van der Waals surface area contributed by atoms with Crippen molar-refractivity contribution < 1.29 is 27.2 Å². The van der Waals surface area contributed by atoms with E-state index in [-0.39, 0.29) is 32.5 Å². The van der Waals surface area contributed by atoms with E-state index in [1.807, 2.05) is 18.2 Å². The highest BCUT2D eigenvalue weighted by Gasteiger charge is 2.51. The van der Waals surface area contributed by atoms with Crippen molar-refractivity contribution in [1.29, 1.82) is 0 Å². The standard InChI is InChI=1S/C24H45NO6P2/c1-7-12-16-19-25(21-23-17-14-13-15-18-23)22(6)20-24(32(26,28-8-2)29-9-3)33(27,30-10-4)31-11-5/h13-15,17-18,22,24H,7-12,16,19-21H2,1-6H3. The second-order valence-corrected chi connectivity index (χ2v) is 12.8. The van der Waals surface area contributed by atoms with Gasteiger partial charge in [-0.2, -0.15) is 0 Å². The minimum Gasteiger partial charge on any atom is -0.308 e. The average molecular weight is 506 g/mol. The SMILES string of the molecule is CCCCCN(Cc1ccccc1)C(C)CC(P(=O)(OCC)OCC)P(=O)(OCC)OCC. The average Bonchev–Trinajstić information content (AvgIpc) is 2.78. The second-order valence-electron chi connectivity index (χ2n) is 7.98. The summed E-state index contributed by atoms with van der Waals surface area (Å²) >= 11 is 0. The van der Waals surface area contributed by atoms with Crippen LogP contribution >= 0.6 is 15.2 Å². The molecule has 7 nitrogen and oxygen atoms in total. The van der Waals surface area contributed by atoms with E-state index in [4.69, 9.17) is 18.1 Å². The van der Waals surface area contributed by atoms with Gasteiger partial charge in [0.2, 0.25) is 0 Å². The van der Waals surface area contributed by atoms with Gasteiger partial charge in [-0.15, -0.1) is 0 Å². The predicted molar refractivity (Wildman–Crippen MR) is 136 cm³/mol. The molecule has 0 heterocycles. The van der Waals surface area contributed by atoms with Crippen LogP contribution in [-0.2, 0) is 33.8 Å². The number of nitrogens with zero attached hydrogens (tertiary/aromatic N) is 1. The highest BCUT2D eigenvalue weighted by molar-refractivity contribution is 7.72. The van der Waals surface area contributed by atoms with Gasteiger partial charge in [-0.3, -0.25) is 14.0 Å². The fourth-order valence-corrected chi connectivity index (χ4v) is 9.45. The molecule has 0 bridgehead atoms. The third-order valence-electron chi connectivity index (χ3n) is 5.42. The molecule has 1 aromatic rings. The number of hydrogen-bond acceptors (Lipinski definition) is 7. The molecule has 1 unspecified atom stereocenters. The summed E-state index contributed by atoms with van der Waals surface area (Å²) in [7, 11) is -7.52. The Morgan fingerprint density at radius 2 is 1.27 bits per heavy atom. The van der Waals surface area contributed by atoms with Crippen LogP contribution < -0.4 is 0 Å². The van der Waals surface area contributed by atoms with Crippen LogP contribution in [0.5, 0.6) is 0 Å². The van der Waals surface area contributed by atoms with Gasteiger partial charge in [-0.1, -0.05) is 50.1 Å². The van der Waals surface area contributed by atoms with Crippen molar-refractivity contribution in [2.24, 2.45) is 0 Å². The first-order valence-electron chi connectivity index (χ1n) is 12.4. The van der Waals surface area contributed by atoms with Gasteiger partial charge >= 0.3 is 15.2 Å². The molecule has 0 N–H and O–H groups in total. The lowest BCUT2D eigenvalue weighted by Gasteiger charge is -2.36. The van der Waals surface area contributed by atoms with E-state index in [1.54, 1.807) is 27.7 Å². The Morgan fingerprint density at radius 3 is 1.70 bits per heavy atom. The molecule has 0 aliphatic heterocycles. The van der Waals surface area contributed by atoms with Crippen LogP contribution in [0.4, 0.5) is 0 Å². The number of benzene rings is 1. The van der Waals surface area contributed by atoms with Gasteiger partial charge in [0.15, 0.2) is 5.40 Å². The van der Waals surface area contributed by atoms with E-state index >= 15 is 0 Å². The lowest BCUT2D eigenvalue weighted by molar-refractivity contribution is 0.165. The maximum Gasteiger partial charge on any atom is 0.345 e. The highest BCUT2D eigenvalue weighted by Crippen LogP contribution is 2.71. The monoisotopic (exact) mass is 505 g/mol. The van der Waals surface area contributed by atoms with E-state index in [0.29, 0.717) is 6.42 Å². The van der Waals surface area contributed by atoms with Gasteiger partial charge in [0.1, 0.15) is 0 Å². The zero-order chi connectivity index (χ0) is 24.7. The molecule has 1 atom stereocenters. The molecule has 192 valence electrons. The summed E-state index contributed by atoms with van der Waals surface area (Å²) in [6, 6.07) is 10.2. The summed E-state index contributed by atoms with van der Waals surface area (Å²) in [6.45, 7) is 13.7. The molecule has 0 aromatic heterocycles. The van der Waals surface area contributed by atoms with Gasteiger partial charge < -0.3 is 18.1 Å². The van der Waals surface area contributed by atoms with Crippen LogP contribution in [0.3, 0.4) is 0 Å². The van der Waals surface area contributed by atoms with E-state index in [9.17, 15) is 9.13 Å². The highest BCUT2D eigenvalue weighted by atomic mass is 31.2. The van der Waals surface area contributed by atoms with E-state index < -0.39 is 20.6 Å². The van der Waals surface area contributed by atoms with Gasteiger partial charge in [0.25, 0.3) is 0 Å². The van der Waals surface area contributed by atoms with Crippen molar-refractivity contribution in [2.75, 3.05) is 33.0 Å². The largest absolute Gasteiger partial charge is 0.345 e. The van der Waals surface area contributed by atoms with Gasteiger partial charge in [0.05, 0.1) is 26.4 Å².